The molecule has 3 rings (SSSR count). The van der Waals surface area contributed by atoms with Gasteiger partial charge in [0, 0.05) is 5.56 Å². The summed E-state index contributed by atoms with van der Waals surface area (Å²) >= 11 is 0. The highest BCUT2D eigenvalue weighted by atomic mass is 16.4. The number of fused-ring (bicyclic) bond motifs is 1. The summed E-state index contributed by atoms with van der Waals surface area (Å²) in [6, 6.07) is 14.6. The van der Waals surface area contributed by atoms with E-state index in [4.69, 9.17) is 4.42 Å². The lowest BCUT2D eigenvalue weighted by molar-refractivity contribution is 0.0970. The van der Waals surface area contributed by atoms with Crippen molar-refractivity contribution in [2.45, 2.75) is 26.3 Å². The number of hydrogen-bond acceptors (Lipinski definition) is 3. The first kappa shape index (κ1) is 14.3. The van der Waals surface area contributed by atoms with E-state index in [9.17, 15) is 9.59 Å². The largest absolute Gasteiger partial charge is 0.420 e. The van der Waals surface area contributed by atoms with Crippen molar-refractivity contribution >= 4 is 16.9 Å². The van der Waals surface area contributed by atoms with Gasteiger partial charge in [0.1, 0.15) is 0 Å². The average molecular weight is 295 g/mol. The van der Waals surface area contributed by atoms with Crippen LogP contribution >= 0.6 is 0 Å². The third-order valence-corrected chi connectivity index (χ3v) is 3.77. The van der Waals surface area contributed by atoms with Crippen molar-refractivity contribution in [1.82, 2.24) is 4.57 Å². The van der Waals surface area contributed by atoms with Gasteiger partial charge in [0.25, 0.3) is 0 Å². The molecule has 2 aromatic carbocycles. The van der Waals surface area contributed by atoms with Gasteiger partial charge in [-0.05, 0) is 23.6 Å². The van der Waals surface area contributed by atoms with Gasteiger partial charge in [-0.2, -0.15) is 0 Å². The van der Waals surface area contributed by atoms with Gasteiger partial charge >= 0.3 is 5.76 Å². The Kier molecular flexibility index (Phi) is 3.67. The van der Waals surface area contributed by atoms with E-state index in [1.807, 2.05) is 30.3 Å². The van der Waals surface area contributed by atoms with Gasteiger partial charge < -0.3 is 4.42 Å². The second kappa shape index (κ2) is 5.64. The van der Waals surface area contributed by atoms with Crippen LogP contribution in [0.15, 0.2) is 57.7 Å². The minimum absolute atomic E-state index is 0.0170. The smallest absolute Gasteiger partial charge is 0.408 e. The number of hydrogen-bond donors (Lipinski definition) is 0. The summed E-state index contributed by atoms with van der Waals surface area (Å²) in [4.78, 5) is 24.3. The zero-order valence-electron chi connectivity index (χ0n) is 12.6. The summed E-state index contributed by atoms with van der Waals surface area (Å²) < 4.78 is 6.51. The summed E-state index contributed by atoms with van der Waals surface area (Å²) in [6.07, 6.45) is 0. The number of ketones is 1. The standard InChI is InChI=1S/C18H17NO3/c1-12(2)13-7-9-14(10-8-13)16(20)11-19-15-5-3-4-6-17(15)22-18(19)21/h3-10,12H,11H2,1-2H3. The van der Waals surface area contributed by atoms with Crippen LogP contribution in [0.3, 0.4) is 0 Å². The minimum atomic E-state index is -0.506. The summed E-state index contributed by atoms with van der Waals surface area (Å²) in [5, 5.41) is 0. The molecule has 0 aliphatic heterocycles. The molecule has 0 fully saturated rings. The topological polar surface area (TPSA) is 52.2 Å². The Morgan fingerprint density at radius 1 is 1.09 bits per heavy atom. The van der Waals surface area contributed by atoms with Gasteiger partial charge in [-0.25, -0.2) is 4.79 Å². The third kappa shape index (κ3) is 2.60. The van der Waals surface area contributed by atoms with Crippen molar-refractivity contribution in [3.63, 3.8) is 0 Å². The Bertz CT molecular complexity index is 869. The number of carbonyl (C=O) groups is 1. The molecular weight excluding hydrogens is 278 g/mol. The van der Waals surface area contributed by atoms with E-state index in [0.717, 1.165) is 0 Å². The van der Waals surface area contributed by atoms with E-state index in [1.165, 1.54) is 10.1 Å². The molecule has 4 nitrogen and oxygen atoms in total. The number of para-hydroxylation sites is 2. The maximum absolute atomic E-state index is 12.4. The van der Waals surface area contributed by atoms with Crippen LogP contribution in [0.1, 0.15) is 35.7 Å². The number of nitrogens with zero attached hydrogens (tertiary/aromatic N) is 1. The third-order valence-electron chi connectivity index (χ3n) is 3.77. The van der Waals surface area contributed by atoms with Crippen molar-refractivity contribution < 1.29 is 9.21 Å². The van der Waals surface area contributed by atoms with Crippen LogP contribution in [-0.2, 0) is 6.54 Å². The number of benzene rings is 2. The second-order valence-electron chi connectivity index (χ2n) is 5.62. The molecule has 0 aliphatic rings. The summed E-state index contributed by atoms with van der Waals surface area (Å²) in [5.41, 5.74) is 2.92. The highest BCUT2D eigenvalue weighted by molar-refractivity contribution is 5.96. The molecular formula is C18H17NO3. The average Bonchev–Trinajstić information content (AvgIpc) is 2.83. The fraction of sp³-hybridized carbons (Fsp3) is 0.222. The monoisotopic (exact) mass is 295 g/mol. The molecule has 0 spiro atoms. The molecule has 0 saturated heterocycles. The minimum Gasteiger partial charge on any atom is -0.408 e. The maximum Gasteiger partial charge on any atom is 0.420 e. The maximum atomic E-state index is 12.4. The van der Waals surface area contributed by atoms with E-state index in [2.05, 4.69) is 13.8 Å². The Morgan fingerprint density at radius 2 is 1.77 bits per heavy atom. The molecule has 4 heteroatoms. The Labute approximate surface area is 128 Å². The molecule has 0 aliphatic carbocycles. The first-order valence-corrected chi connectivity index (χ1v) is 7.28. The lowest BCUT2D eigenvalue weighted by atomic mass is 10.0. The molecule has 0 N–H and O–H groups in total. The molecule has 1 aromatic heterocycles. The molecule has 0 unspecified atom stereocenters. The highest BCUT2D eigenvalue weighted by Gasteiger charge is 2.13. The molecule has 0 atom stereocenters. The molecule has 0 bridgehead atoms. The van der Waals surface area contributed by atoms with E-state index >= 15 is 0 Å². The Morgan fingerprint density at radius 3 is 2.45 bits per heavy atom. The number of carbonyl (C=O) groups excluding carboxylic acids is 1. The van der Waals surface area contributed by atoms with Crippen molar-refractivity contribution in [3.05, 3.63) is 70.2 Å². The molecule has 3 aromatic rings. The zero-order valence-corrected chi connectivity index (χ0v) is 12.6. The number of rotatable bonds is 4. The molecule has 112 valence electrons. The van der Waals surface area contributed by atoms with Crippen LogP contribution in [0.25, 0.3) is 11.1 Å². The summed E-state index contributed by atoms with van der Waals surface area (Å²) in [6.45, 7) is 4.19. The van der Waals surface area contributed by atoms with E-state index in [0.29, 0.717) is 22.6 Å². The van der Waals surface area contributed by atoms with Gasteiger partial charge in [0.15, 0.2) is 11.4 Å². The SMILES string of the molecule is CC(C)c1ccc(C(=O)Cn2c(=O)oc3ccccc32)cc1. The van der Waals surface area contributed by atoms with Gasteiger partial charge in [-0.15, -0.1) is 0 Å². The van der Waals surface area contributed by atoms with E-state index < -0.39 is 5.76 Å². The van der Waals surface area contributed by atoms with Crippen molar-refractivity contribution in [3.8, 4) is 0 Å². The van der Waals surface area contributed by atoms with Gasteiger partial charge in [-0.1, -0.05) is 50.2 Å². The second-order valence-corrected chi connectivity index (χ2v) is 5.62. The summed E-state index contributed by atoms with van der Waals surface area (Å²) in [7, 11) is 0. The zero-order chi connectivity index (χ0) is 15.7. The predicted octanol–water partition coefficient (Wildman–Crippen LogP) is 3.60. The van der Waals surface area contributed by atoms with Crippen LogP contribution in [0.5, 0.6) is 0 Å². The molecule has 0 saturated carbocycles. The predicted molar refractivity (Wildman–Crippen MR) is 85.3 cm³/mol. The van der Waals surface area contributed by atoms with E-state index in [1.54, 1.807) is 18.2 Å². The molecule has 0 amide bonds. The first-order chi connectivity index (χ1) is 10.6. The van der Waals surface area contributed by atoms with Crippen molar-refractivity contribution in [1.29, 1.82) is 0 Å². The van der Waals surface area contributed by atoms with Crippen LogP contribution in [-0.4, -0.2) is 10.4 Å². The molecule has 0 radical (unpaired) electrons. The highest BCUT2D eigenvalue weighted by Crippen LogP contribution is 2.16. The van der Waals surface area contributed by atoms with Crippen molar-refractivity contribution in [2.75, 3.05) is 0 Å². The number of aromatic nitrogens is 1. The van der Waals surface area contributed by atoms with Crippen LogP contribution in [0, 0.1) is 0 Å². The first-order valence-electron chi connectivity index (χ1n) is 7.28. The quantitative estimate of drug-likeness (QED) is 0.691. The van der Waals surface area contributed by atoms with Gasteiger partial charge in [0.2, 0.25) is 0 Å². The lowest BCUT2D eigenvalue weighted by Gasteiger charge is -2.06. The van der Waals surface area contributed by atoms with Gasteiger partial charge in [-0.3, -0.25) is 9.36 Å². The number of oxazole rings is 1. The van der Waals surface area contributed by atoms with E-state index in [-0.39, 0.29) is 12.3 Å². The normalized spacial score (nSPS) is 11.2. The fourth-order valence-electron chi connectivity index (χ4n) is 2.45. The summed E-state index contributed by atoms with van der Waals surface area (Å²) in [5.74, 6) is -0.193. The lowest BCUT2D eigenvalue weighted by Crippen LogP contribution is -2.20. The Balaban J connectivity index is 1.90. The van der Waals surface area contributed by atoms with Crippen LogP contribution in [0.4, 0.5) is 0 Å². The van der Waals surface area contributed by atoms with Crippen molar-refractivity contribution in [2.24, 2.45) is 0 Å². The fourth-order valence-corrected chi connectivity index (χ4v) is 2.45. The van der Waals surface area contributed by atoms with Crippen LogP contribution < -0.4 is 5.76 Å². The van der Waals surface area contributed by atoms with Gasteiger partial charge in [0.05, 0.1) is 12.1 Å². The molecule has 22 heavy (non-hydrogen) atoms. The number of Topliss-reactive ketones (excluding diaryl/α,β-unsaturated/α-hetero) is 1. The molecule has 1 heterocycles. The van der Waals surface area contributed by atoms with Crippen LogP contribution in [0.2, 0.25) is 0 Å². The Hall–Kier alpha value is -2.62.